The molecule has 0 rings (SSSR count). The summed E-state index contributed by atoms with van der Waals surface area (Å²) >= 11 is 4.47. The summed E-state index contributed by atoms with van der Waals surface area (Å²) < 4.78 is 0. The Morgan fingerprint density at radius 2 is 2.40 bits per heavy atom. The van der Waals surface area contributed by atoms with E-state index in [1.165, 1.54) is 0 Å². The summed E-state index contributed by atoms with van der Waals surface area (Å²) in [4.78, 5) is 3.89. The van der Waals surface area contributed by atoms with Crippen LogP contribution in [0.3, 0.4) is 0 Å². The molecule has 0 bridgehead atoms. The van der Waals surface area contributed by atoms with Crippen molar-refractivity contribution in [3.63, 3.8) is 0 Å². The Labute approximate surface area is 75.5 Å². The Hall–Kier alpha value is 0.500. The second-order valence-electron chi connectivity index (χ2n) is 1.73. The molecule has 4 heteroatoms. The van der Waals surface area contributed by atoms with E-state index in [1.54, 1.807) is 10.8 Å². The molecule has 0 spiro atoms. The van der Waals surface area contributed by atoms with Crippen LogP contribution in [0.1, 0.15) is 13.3 Å². The predicted molar refractivity (Wildman–Crippen MR) is 55.1 cm³/mol. The standard InChI is InChI=1S/C6H11NS3/c1-3-6(10-9-2)4-7-5-8/h6H,3-4H2,1-2H3. The molecule has 58 valence electrons. The fourth-order valence-corrected chi connectivity index (χ4v) is 2.53. The van der Waals surface area contributed by atoms with Crippen molar-refractivity contribution in [2.24, 2.45) is 4.99 Å². The number of thiocarbonyl (C=S) groups is 1. The van der Waals surface area contributed by atoms with Gasteiger partial charge in [-0.2, -0.15) is 0 Å². The largest absolute Gasteiger partial charge is 0.231 e. The van der Waals surface area contributed by atoms with Crippen LogP contribution < -0.4 is 0 Å². The maximum atomic E-state index is 4.47. The molecule has 0 aliphatic heterocycles. The van der Waals surface area contributed by atoms with Gasteiger partial charge in [0.1, 0.15) is 0 Å². The minimum absolute atomic E-state index is 0.602. The van der Waals surface area contributed by atoms with Crippen LogP contribution in [-0.2, 0) is 0 Å². The van der Waals surface area contributed by atoms with E-state index in [1.807, 2.05) is 10.8 Å². The second-order valence-corrected chi connectivity index (χ2v) is 4.68. The number of nitrogens with zero attached hydrogens (tertiary/aromatic N) is 1. The highest BCUT2D eigenvalue weighted by Gasteiger charge is 2.03. The lowest BCUT2D eigenvalue weighted by atomic mass is 10.3. The van der Waals surface area contributed by atoms with Crippen molar-refractivity contribution in [2.45, 2.75) is 18.6 Å². The highest BCUT2D eigenvalue weighted by Crippen LogP contribution is 2.25. The van der Waals surface area contributed by atoms with Gasteiger partial charge >= 0.3 is 0 Å². The summed E-state index contributed by atoms with van der Waals surface area (Å²) in [6.45, 7) is 2.97. The van der Waals surface area contributed by atoms with Crippen molar-refractivity contribution in [3.05, 3.63) is 0 Å². The SMILES string of the molecule is CCC(CN=C=S)SSC. The van der Waals surface area contributed by atoms with Gasteiger partial charge in [0.15, 0.2) is 0 Å². The lowest BCUT2D eigenvalue weighted by Crippen LogP contribution is -2.02. The van der Waals surface area contributed by atoms with Crippen LogP contribution in [0.15, 0.2) is 4.99 Å². The molecule has 0 aliphatic carbocycles. The molecule has 0 heterocycles. The van der Waals surface area contributed by atoms with Crippen molar-refractivity contribution in [3.8, 4) is 0 Å². The normalized spacial score (nSPS) is 12.2. The Morgan fingerprint density at radius 3 is 2.80 bits per heavy atom. The summed E-state index contributed by atoms with van der Waals surface area (Å²) in [5.74, 6) is 0. The minimum Gasteiger partial charge on any atom is -0.231 e. The summed E-state index contributed by atoms with van der Waals surface area (Å²) in [5, 5.41) is 2.98. The van der Waals surface area contributed by atoms with Gasteiger partial charge in [0.05, 0.1) is 11.7 Å². The first-order valence-electron chi connectivity index (χ1n) is 3.08. The highest BCUT2D eigenvalue weighted by molar-refractivity contribution is 8.76. The van der Waals surface area contributed by atoms with Crippen LogP contribution in [0, 0.1) is 0 Å². The fraction of sp³-hybridized carbons (Fsp3) is 0.833. The van der Waals surface area contributed by atoms with Crippen LogP contribution in [0.25, 0.3) is 0 Å². The molecule has 0 saturated carbocycles. The molecule has 1 atom stereocenters. The molecule has 0 N–H and O–H groups in total. The molecular weight excluding hydrogens is 182 g/mol. The smallest absolute Gasteiger partial charge is 0.0620 e. The molecule has 0 aliphatic rings. The summed E-state index contributed by atoms with van der Waals surface area (Å²) in [5.41, 5.74) is 0. The summed E-state index contributed by atoms with van der Waals surface area (Å²) in [6, 6.07) is 0. The third kappa shape index (κ3) is 5.30. The van der Waals surface area contributed by atoms with Gasteiger partial charge in [-0.3, -0.25) is 0 Å². The third-order valence-electron chi connectivity index (χ3n) is 1.05. The maximum Gasteiger partial charge on any atom is 0.0620 e. The van der Waals surface area contributed by atoms with E-state index < -0.39 is 0 Å². The van der Waals surface area contributed by atoms with E-state index in [0.29, 0.717) is 5.25 Å². The van der Waals surface area contributed by atoms with E-state index in [-0.39, 0.29) is 0 Å². The molecule has 1 unspecified atom stereocenters. The number of isothiocyanates is 1. The number of aliphatic imine (C=N–C) groups is 1. The molecule has 0 saturated heterocycles. The van der Waals surface area contributed by atoms with Crippen LogP contribution in [-0.4, -0.2) is 23.2 Å². The second kappa shape index (κ2) is 7.61. The zero-order valence-electron chi connectivity index (χ0n) is 6.16. The van der Waals surface area contributed by atoms with Crippen molar-refractivity contribution in [2.75, 3.05) is 12.8 Å². The van der Waals surface area contributed by atoms with Crippen molar-refractivity contribution >= 4 is 39.0 Å². The fourth-order valence-electron chi connectivity index (χ4n) is 0.503. The first kappa shape index (κ1) is 10.5. The summed E-state index contributed by atoms with van der Waals surface area (Å²) in [7, 11) is 3.63. The Balaban J connectivity index is 3.48. The zero-order valence-corrected chi connectivity index (χ0v) is 8.61. The molecule has 0 fully saturated rings. The van der Waals surface area contributed by atoms with Crippen LogP contribution >= 0.6 is 33.8 Å². The first-order chi connectivity index (χ1) is 4.85. The van der Waals surface area contributed by atoms with E-state index in [0.717, 1.165) is 13.0 Å². The van der Waals surface area contributed by atoms with Crippen LogP contribution in [0.5, 0.6) is 0 Å². The van der Waals surface area contributed by atoms with Gasteiger partial charge in [0.25, 0.3) is 0 Å². The average molecular weight is 193 g/mol. The van der Waals surface area contributed by atoms with Crippen LogP contribution in [0.4, 0.5) is 0 Å². The van der Waals surface area contributed by atoms with E-state index in [9.17, 15) is 0 Å². The molecule has 10 heavy (non-hydrogen) atoms. The predicted octanol–water partition coefficient (Wildman–Crippen LogP) is 2.88. The maximum absolute atomic E-state index is 4.47. The third-order valence-corrected chi connectivity index (χ3v) is 3.52. The Bertz CT molecular complexity index is 120. The van der Waals surface area contributed by atoms with Crippen molar-refractivity contribution in [1.82, 2.24) is 0 Å². The van der Waals surface area contributed by atoms with Gasteiger partial charge in [0, 0.05) is 5.25 Å². The molecule has 0 aromatic carbocycles. The van der Waals surface area contributed by atoms with Gasteiger partial charge in [-0.1, -0.05) is 28.5 Å². The van der Waals surface area contributed by atoms with Crippen LogP contribution in [0.2, 0.25) is 0 Å². The Morgan fingerprint density at radius 1 is 1.70 bits per heavy atom. The number of rotatable bonds is 5. The molecular formula is C6H11NS3. The number of hydrogen-bond acceptors (Lipinski definition) is 4. The van der Waals surface area contributed by atoms with Gasteiger partial charge in [-0.25, -0.2) is 4.99 Å². The number of hydrogen-bond donors (Lipinski definition) is 0. The average Bonchev–Trinajstić information content (AvgIpc) is 1.98. The zero-order chi connectivity index (χ0) is 7.82. The minimum atomic E-state index is 0.602. The lowest BCUT2D eigenvalue weighted by Gasteiger charge is -2.06. The summed E-state index contributed by atoms with van der Waals surface area (Å²) in [6.07, 6.45) is 3.22. The molecule has 0 radical (unpaired) electrons. The molecule has 1 nitrogen and oxygen atoms in total. The van der Waals surface area contributed by atoms with Crippen molar-refractivity contribution in [1.29, 1.82) is 0 Å². The molecule has 0 aromatic rings. The van der Waals surface area contributed by atoms with Gasteiger partial charge in [-0.15, -0.1) is 0 Å². The lowest BCUT2D eigenvalue weighted by molar-refractivity contribution is 0.836. The van der Waals surface area contributed by atoms with E-state index in [4.69, 9.17) is 0 Å². The monoisotopic (exact) mass is 193 g/mol. The van der Waals surface area contributed by atoms with Gasteiger partial charge in [0.2, 0.25) is 0 Å². The van der Waals surface area contributed by atoms with Gasteiger partial charge < -0.3 is 0 Å². The van der Waals surface area contributed by atoms with E-state index in [2.05, 4.69) is 35.6 Å². The van der Waals surface area contributed by atoms with Gasteiger partial charge in [-0.05, 0) is 24.9 Å². The highest BCUT2D eigenvalue weighted by atomic mass is 33.1. The van der Waals surface area contributed by atoms with Crippen molar-refractivity contribution < 1.29 is 0 Å². The first-order valence-corrected chi connectivity index (χ1v) is 6.11. The van der Waals surface area contributed by atoms with E-state index >= 15 is 0 Å². The molecule has 0 aromatic heterocycles. The molecule has 0 amide bonds. The topological polar surface area (TPSA) is 12.4 Å². The Kier molecular flexibility index (Phi) is 7.99. The quantitative estimate of drug-likeness (QED) is 0.378.